The largest absolute Gasteiger partial charge is 0.361 e. The maximum atomic E-state index is 4.96. The summed E-state index contributed by atoms with van der Waals surface area (Å²) in [6.07, 6.45) is 0. The van der Waals surface area contributed by atoms with Crippen LogP contribution in [0.3, 0.4) is 0 Å². The Balaban J connectivity index is 2.08. The van der Waals surface area contributed by atoms with Crippen molar-refractivity contribution < 1.29 is 0 Å². The normalized spacial score (nSPS) is 10.8. The number of nitrogens with zero attached hydrogens (tertiary/aromatic N) is 5. The molecule has 0 radical (unpaired) electrons. The number of nitrogens with one attached hydrogen (secondary N) is 1. The standard InChI is InChI=1S/C21H20N6/c1-22-21-25-19-18(20(26-21)27(2)3)23-16(14-10-6-4-7-11-14)17(24-19)15-12-8-5-9-13-15/h4-13H,1-3H3,(H,22,24,25,26). The lowest BCUT2D eigenvalue weighted by Crippen LogP contribution is -2.14. The van der Waals surface area contributed by atoms with Crippen molar-refractivity contribution in [2.75, 3.05) is 31.4 Å². The lowest BCUT2D eigenvalue weighted by atomic mass is 10.0. The van der Waals surface area contributed by atoms with Crippen LogP contribution in [0.4, 0.5) is 11.8 Å². The van der Waals surface area contributed by atoms with Crippen LogP contribution in [-0.2, 0) is 0 Å². The average molecular weight is 356 g/mol. The van der Waals surface area contributed by atoms with E-state index in [0.717, 1.165) is 28.3 Å². The van der Waals surface area contributed by atoms with Crippen molar-refractivity contribution in [2.45, 2.75) is 0 Å². The summed E-state index contributed by atoms with van der Waals surface area (Å²) in [5.41, 5.74) is 4.88. The second-order valence-electron chi connectivity index (χ2n) is 6.34. The van der Waals surface area contributed by atoms with Crippen LogP contribution in [-0.4, -0.2) is 41.1 Å². The van der Waals surface area contributed by atoms with Gasteiger partial charge in [-0.05, 0) is 0 Å². The van der Waals surface area contributed by atoms with E-state index < -0.39 is 0 Å². The maximum absolute atomic E-state index is 4.96. The molecule has 0 fully saturated rings. The Kier molecular flexibility index (Phi) is 4.38. The fourth-order valence-corrected chi connectivity index (χ4v) is 2.95. The lowest BCUT2D eigenvalue weighted by Gasteiger charge is -2.16. The topological polar surface area (TPSA) is 66.8 Å². The molecule has 2 heterocycles. The van der Waals surface area contributed by atoms with Gasteiger partial charge in [-0.25, -0.2) is 9.97 Å². The van der Waals surface area contributed by atoms with E-state index in [0.29, 0.717) is 17.1 Å². The van der Waals surface area contributed by atoms with Crippen LogP contribution < -0.4 is 10.2 Å². The van der Waals surface area contributed by atoms with Crippen molar-refractivity contribution in [2.24, 2.45) is 0 Å². The van der Waals surface area contributed by atoms with Crippen molar-refractivity contribution in [3.05, 3.63) is 60.7 Å². The molecule has 6 nitrogen and oxygen atoms in total. The number of aromatic nitrogens is 4. The molecule has 2 aromatic heterocycles. The Bertz CT molecular complexity index is 1080. The van der Waals surface area contributed by atoms with Gasteiger partial charge < -0.3 is 10.2 Å². The highest BCUT2D eigenvalue weighted by Gasteiger charge is 2.18. The van der Waals surface area contributed by atoms with Crippen molar-refractivity contribution in [1.29, 1.82) is 0 Å². The van der Waals surface area contributed by atoms with Crippen molar-refractivity contribution >= 4 is 22.9 Å². The van der Waals surface area contributed by atoms with Gasteiger partial charge in [0.2, 0.25) is 5.95 Å². The fraction of sp³-hybridized carbons (Fsp3) is 0.143. The van der Waals surface area contributed by atoms with E-state index in [4.69, 9.17) is 9.97 Å². The molecule has 0 unspecified atom stereocenters. The minimum absolute atomic E-state index is 0.520. The summed E-state index contributed by atoms with van der Waals surface area (Å²) < 4.78 is 0. The molecule has 0 saturated heterocycles. The van der Waals surface area contributed by atoms with Gasteiger partial charge in [0.25, 0.3) is 0 Å². The summed E-state index contributed by atoms with van der Waals surface area (Å²) in [4.78, 5) is 20.9. The first kappa shape index (κ1) is 16.9. The Morgan fingerprint density at radius 3 is 1.78 bits per heavy atom. The number of fused-ring (bicyclic) bond motifs is 1. The number of hydrogen-bond donors (Lipinski definition) is 1. The van der Waals surface area contributed by atoms with Gasteiger partial charge in [-0.3, -0.25) is 0 Å². The smallest absolute Gasteiger partial charge is 0.226 e. The van der Waals surface area contributed by atoms with E-state index in [1.807, 2.05) is 79.7 Å². The molecule has 0 aliphatic rings. The Labute approximate surface area is 158 Å². The molecule has 0 atom stereocenters. The van der Waals surface area contributed by atoms with E-state index in [1.165, 1.54) is 0 Å². The highest BCUT2D eigenvalue weighted by Crippen LogP contribution is 2.32. The van der Waals surface area contributed by atoms with E-state index in [-0.39, 0.29) is 0 Å². The zero-order valence-electron chi connectivity index (χ0n) is 15.5. The molecule has 0 aliphatic heterocycles. The molecule has 0 amide bonds. The zero-order chi connectivity index (χ0) is 18.8. The van der Waals surface area contributed by atoms with Crippen LogP contribution in [0.2, 0.25) is 0 Å². The Morgan fingerprint density at radius 2 is 1.26 bits per heavy atom. The van der Waals surface area contributed by atoms with Crippen molar-refractivity contribution in [1.82, 2.24) is 19.9 Å². The number of hydrogen-bond acceptors (Lipinski definition) is 6. The molecule has 4 rings (SSSR count). The highest BCUT2D eigenvalue weighted by molar-refractivity contribution is 5.90. The van der Waals surface area contributed by atoms with Crippen LogP contribution in [0.15, 0.2) is 60.7 Å². The number of anilines is 2. The summed E-state index contributed by atoms with van der Waals surface area (Å²) in [5, 5.41) is 3.00. The van der Waals surface area contributed by atoms with Gasteiger partial charge in [-0.15, -0.1) is 0 Å². The van der Waals surface area contributed by atoms with Crippen LogP contribution in [0, 0.1) is 0 Å². The average Bonchev–Trinajstić information content (AvgIpc) is 2.73. The van der Waals surface area contributed by atoms with Crippen LogP contribution >= 0.6 is 0 Å². The minimum atomic E-state index is 0.520. The van der Waals surface area contributed by atoms with Gasteiger partial charge in [-0.2, -0.15) is 9.97 Å². The molecule has 0 aliphatic carbocycles. The molecule has 2 aromatic carbocycles. The second-order valence-corrected chi connectivity index (χ2v) is 6.34. The third kappa shape index (κ3) is 3.17. The van der Waals surface area contributed by atoms with Gasteiger partial charge in [0.1, 0.15) is 0 Å². The zero-order valence-corrected chi connectivity index (χ0v) is 15.5. The molecule has 0 saturated carbocycles. The van der Waals surface area contributed by atoms with Gasteiger partial charge in [0.15, 0.2) is 17.0 Å². The first-order valence-corrected chi connectivity index (χ1v) is 8.73. The second kappa shape index (κ2) is 6.99. The van der Waals surface area contributed by atoms with Crippen molar-refractivity contribution in [3.63, 3.8) is 0 Å². The van der Waals surface area contributed by atoms with E-state index in [1.54, 1.807) is 7.05 Å². The highest BCUT2D eigenvalue weighted by atomic mass is 15.2. The number of benzene rings is 2. The monoisotopic (exact) mass is 356 g/mol. The van der Waals surface area contributed by atoms with Gasteiger partial charge in [0, 0.05) is 32.3 Å². The van der Waals surface area contributed by atoms with Crippen LogP contribution in [0.1, 0.15) is 0 Å². The molecule has 1 N–H and O–H groups in total. The Hall–Kier alpha value is -3.54. The molecule has 27 heavy (non-hydrogen) atoms. The van der Waals surface area contributed by atoms with Crippen molar-refractivity contribution in [3.8, 4) is 22.5 Å². The van der Waals surface area contributed by atoms with E-state index >= 15 is 0 Å². The number of rotatable bonds is 4. The van der Waals surface area contributed by atoms with E-state index in [2.05, 4.69) is 15.3 Å². The third-order valence-electron chi connectivity index (χ3n) is 4.25. The first-order chi connectivity index (χ1) is 13.2. The van der Waals surface area contributed by atoms with E-state index in [9.17, 15) is 0 Å². The quantitative estimate of drug-likeness (QED) is 0.599. The van der Waals surface area contributed by atoms with Gasteiger partial charge in [0.05, 0.1) is 11.4 Å². The molecule has 134 valence electrons. The van der Waals surface area contributed by atoms with Gasteiger partial charge in [-0.1, -0.05) is 60.7 Å². The summed E-state index contributed by atoms with van der Waals surface area (Å²) >= 11 is 0. The predicted octanol–water partition coefficient (Wildman–Crippen LogP) is 3.86. The third-order valence-corrected chi connectivity index (χ3v) is 4.25. The molecule has 0 bridgehead atoms. The summed E-state index contributed by atoms with van der Waals surface area (Å²) in [5.74, 6) is 1.25. The molecular formula is C21H20N6. The van der Waals surface area contributed by atoms with Gasteiger partial charge >= 0.3 is 0 Å². The first-order valence-electron chi connectivity index (χ1n) is 8.73. The maximum Gasteiger partial charge on any atom is 0.226 e. The molecule has 0 spiro atoms. The predicted molar refractivity (Wildman–Crippen MR) is 110 cm³/mol. The minimum Gasteiger partial charge on any atom is -0.361 e. The molecule has 4 aromatic rings. The molecule has 6 heteroatoms. The summed E-state index contributed by atoms with van der Waals surface area (Å²) in [6.45, 7) is 0. The van der Waals surface area contributed by atoms with Crippen LogP contribution in [0.25, 0.3) is 33.7 Å². The summed E-state index contributed by atoms with van der Waals surface area (Å²) in [7, 11) is 5.68. The fourth-order valence-electron chi connectivity index (χ4n) is 2.95. The van der Waals surface area contributed by atoms with Crippen LogP contribution in [0.5, 0.6) is 0 Å². The SMILES string of the molecule is CNc1nc(N(C)C)c2nc(-c3ccccc3)c(-c3ccccc3)nc2n1. The lowest BCUT2D eigenvalue weighted by molar-refractivity contribution is 1.04. The Morgan fingerprint density at radius 1 is 0.704 bits per heavy atom. The summed E-state index contributed by atoms with van der Waals surface area (Å²) in [6, 6.07) is 20.2. The molecular weight excluding hydrogens is 336 g/mol.